The van der Waals surface area contributed by atoms with Crippen molar-refractivity contribution in [1.82, 2.24) is 15.5 Å². The second-order valence-corrected chi connectivity index (χ2v) is 6.37. The molecule has 1 aliphatic rings. The first-order valence-corrected chi connectivity index (χ1v) is 7.69. The molecule has 1 saturated heterocycles. The lowest BCUT2D eigenvalue weighted by molar-refractivity contribution is 0.319. The summed E-state index contributed by atoms with van der Waals surface area (Å²) < 4.78 is 6.58. The highest BCUT2D eigenvalue weighted by atomic mass is 79.9. The molecule has 1 N–H and O–H groups in total. The van der Waals surface area contributed by atoms with Crippen LogP contribution >= 0.6 is 15.9 Å². The third-order valence-corrected chi connectivity index (χ3v) is 5.19. The summed E-state index contributed by atoms with van der Waals surface area (Å²) in [6.07, 6.45) is 1.15. The fourth-order valence-electron chi connectivity index (χ4n) is 2.72. The minimum atomic E-state index is 0.189. The topological polar surface area (TPSA) is 51.0 Å². The molecule has 3 rings (SSSR count). The van der Waals surface area contributed by atoms with E-state index in [2.05, 4.69) is 64.3 Å². The van der Waals surface area contributed by atoms with Crippen LogP contribution in [0.4, 0.5) is 0 Å². The van der Waals surface area contributed by atoms with Crippen molar-refractivity contribution >= 4 is 15.9 Å². The number of rotatable bonds is 2. The Labute approximate surface area is 127 Å². The molecule has 2 heterocycles. The van der Waals surface area contributed by atoms with Crippen LogP contribution in [0, 0.1) is 19.8 Å². The molecule has 2 unspecified atom stereocenters. The van der Waals surface area contributed by atoms with Crippen LogP contribution in [0.3, 0.4) is 0 Å². The van der Waals surface area contributed by atoms with Crippen LogP contribution in [0.1, 0.15) is 36.4 Å². The van der Waals surface area contributed by atoms with Crippen molar-refractivity contribution in [2.75, 3.05) is 6.54 Å². The van der Waals surface area contributed by atoms with E-state index < -0.39 is 0 Å². The molecule has 20 heavy (non-hydrogen) atoms. The minimum absolute atomic E-state index is 0.189. The van der Waals surface area contributed by atoms with E-state index in [-0.39, 0.29) is 6.04 Å². The Balaban J connectivity index is 1.94. The lowest BCUT2D eigenvalue weighted by Gasteiger charge is -2.09. The minimum Gasteiger partial charge on any atom is -0.337 e. The SMILES string of the molecule is Cc1cc(-c2noc(C3NCCC3C)n2)cc(C)c1Br. The van der Waals surface area contributed by atoms with Gasteiger partial charge in [0, 0.05) is 10.0 Å². The van der Waals surface area contributed by atoms with Crippen LogP contribution in [-0.2, 0) is 0 Å². The zero-order chi connectivity index (χ0) is 14.3. The van der Waals surface area contributed by atoms with Crippen LogP contribution in [0.2, 0.25) is 0 Å². The summed E-state index contributed by atoms with van der Waals surface area (Å²) in [6, 6.07) is 4.35. The van der Waals surface area contributed by atoms with Crippen LogP contribution < -0.4 is 5.32 Å². The highest BCUT2D eigenvalue weighted by Gasteiger charge is 2.29. The van der Waals surface area contributed by atoms with Crippen molar-refractivity contribution < 1.29 is 4.52 Å². The lowest BCUT2D eigenvalue weighted by Crippen LogP contribution is -2.16. The van der Waals surface area contributed by atoms with E-state index >= 15 is 0 Å². The van der Waals surface area contributed by atoms with Gasteiger partial charge in [0.1, 0.15) is 0 Å². The molecule has 1 aliphatic heterocycles. The molecule has 5 heteroatoms. The van der Waals surface area contributed by atoms with E-state index in [0.717, 1.165) is 23.0 Å². The van der Waals surface area contributed by atoms with Gasteiger partial charge in [0.2, 0.25) is 11.7 Å². The Morgan fingerprint density at radius 1 is 1.30 bits per heavy atom. The standard InChI is InChI=1S/C15H18BrN3O/c1-8-4-5-17-13(8)15-18-14(19-20-15)11-6-9(2)12(16)10(3)7-11/h6-8,13,17H,4-5H2,1-3H3. The molecule has 2 atom stereocenters. The number of nitrogens with one attached hydrogen (secondary N) is 1. The smallest absolute Gasteiger partial charge is 0.244 e. The van der Waals surface area contributed by atoms with E-state index in [1.54, 1.807) is 0 Å². The highest BCUT2D eigenvalue weighted by molar-refractivity contribution is 9.10. The van der Waals surface area contributed by atoms with Gasteiger partial charge >= 0.3 is 0 Å². The van der Waals surface area contributed by atoms with Crippen molar-refractivity contribution in [2.24, 2.45) is 5.92 Å². The van der Waals surface area contributed by atoms with E-state index in [4.69, 9.17) is 4.52 Å². The van der Waals surface area contributed by atoms with Gasteiger partial charge in [-0.15, -0.1) is 0 Å². The summed E-state index contributed by atoms with van der Waals surface area (Å²) in [5.41, 5.74) is 3.36. The van der Waals surface area contributed by atoms with Crippen LogP contribution in [0.5, 0.6) is 0 Å². The average molecular weight is 336 g/mol. The maximum absolute atomic E-state index is 5.45. The summed E-state index contributed by atoms with van der Waals surface area (Å²) in [7, 11) is 0. The normalized spacial score (nSPS) is 22.4. The van der Waals surface area contributed by atoms with Crippen LogP contribution in [0.15, 0.2) is 21.1 Å². The molecule has 1 fully saturated rings. The lowest BCUT2D eigenvalue weighted by atomic mass is 10.0. The van der Waals surface area contributed by atoms with E-state index in [1.807, 2.05) is 0 Å². The number of benzene rings is 1. The van der Waals surface area contributed by atoms with Gasteiger partial charge in [0.25, 0.3) is 0 Å². The van der Waals surface area contributed by atoms with E-state index in [9.17, 15) is 0 Å². The van der Waals surface area contributed by atoms with Gasteiger partial charge in [0.05, 0.1) is 6.04 Å². The molecule has 0 saturated carbocycles. The second kappa shape index (κ2) is 5.30. The predicted octanol–water partition coefficient (Wildman–Crippen LogP) is 3.79. The van der Waals surface area contributed by atoms with Gasteiger partial charge in [-0.2, -0.15) is 4.98 Å². The Morgan fingerprint density at radius 3 is 2.60 bits per heavy atom. The molecule has 0 aliphatic carbocycles. The summed E-state index contributed by atoms with van der Waals surface area (Å²) in [4.78, 5) is 4.57. The van der Waals surface area contributed by atoms with Crippen molar-refractivity contribution in [3.63, 3.8) is 0 Å². The maximum Gasteiger partial charge on any atom is 0.244 e. The molecule has 2 aromatic rings. The third kappa shape index (κ3) is 2.40. The van der Waals surface area contributed by atoms with Gasteiger partial charge in [-0.3, -0.25) is 0 Å². The monoisotopic (exact) mass is 335 g/mol. The zero-order valence-electron chi connectivity index (χ0n) is 11.9. The Hall–Kier alpha value is -1.20. The van der Waals surface area contributed by atoms with Gasteiger partial charge in [-0.1, -0.05) is 28.0 Å². The number of hydrogen-bond acceptors (Lipinski definition) is 4. The van der Waals surface area contributed by atoms with E-state index in [1.165, 1.54) is 11.1 Å². The first-order chi connectivity index (χ1) is 9.56. The molecule has 4 nitrogen and oxygen atoms in total. The number of aryl methyl sites for hydroxylation is 2. The van der Waals surface area contributed by atoms with Crippen molar-refractivity contribution in [3.05, 3.63) is 33.6 Å². The quantitative estimate of drug-likeness (QED) is 0.907. The first-order valence-electron chi connectivity index (χ1n) is 6.90. The maximum atomic E-state index is 5.45. The average Bonchev–Trinajstić information content (AvgIpc) is 3.03. The first kappa shape index (κ1) is 13.8. The Morgan fingerprint density at radius 2 is 2.00 bits per heavy atom. The molecule has 0 spiro atoms. The van der Waals surface area contributed by atoms with Gasteiger partial charge < -0.3 is 9.84 Å². The summed E-state index contributed by atoms with van der Waals surface area (Å²) in [5, 5.41) is 7.55. The predicted molar refractivity (Wildman–Crippen MR) is 81.4 cm³/mol. The molecule has 0 amide bonds. The second-order valence-electron chi connectivity index (χ2n) is 5.58. The molecule has 0 radical (unpaired) electrons. The molecule has 1 aromatic heterocycles. The number of aromatic nitrogens is 2. The molecule has 0 bridgehead atoms. The van der Waals surface area contributed by atoms with Crippen LogP contribution in [-0.4, -0.2) is 16.7 Å². The van der Waals surface area contributed by atoms with Crippen molar-refractivity contribution in [2.45, 2.75) is 33.2 Å². The van der Waals surface area contributed by atoms with Gasteiger partial charge in [-0.05, 0) is 56.0 Å². The zero-order valence-corrected chi connectivity index (χ0v) is 13.5. The summed E-state index contributed by atoms with van der Waals surface area (Å²) >= 11 is 3.58. The van der Waals surface area contributed by atoms with Gasteiger partial charge in [0.15, 0.2) is 0 Å². The highest BCUT2D eigenvalue weighted by Crippen LogP contribution is 2.31. The fraction of sp³-hybridized carbons (Fsp3) is 0.467. The molecular formula is C15H18BrN3O. The molecular weight excluding hydrogens is 318 g/mol. The third-order valence-electron chi connectivity index (χ3n) is 3.94. The number of nitrogens with zero attached hydrogens (tertiary/aromatic N) is 2. The number of hydrogen-bond donors (Lipinski definition) is 1. The fourth-order valence-corrected chi connectivity index (χ4v) is 2.95. The molecule has 1 aromatic carbocycles. The Bertz CT molecular complexity index is 615. The van der Waals surface area contributed by atoms with Gasteiger partial charge in [-0.25, -0.2) is 0 Å². The van der Waals surface area contributed by atoms with E-state index in [0.29, 0.717) is 17.6 Å². The summed E-state index contributed by atoms with van der Waals surface area (Å²) in [6.45, 7) is 7.37. The van der Waals surface area contributed by atoms with Crippen molar-refractivity contribution in [1.29, 1.82) is 0 Å². The molecule has 106 valence electrons. The number of halogens is 1. The Kier molecular flexibility index (Phi) is 3.65. The van der Waals surface area contributed by atoms with Crippen LogP contribution in [0.25, 0.3) is 11.4 Å². The van der Waals surface area contributed by atoms with Crippen molar-refractivity contribution in [3.8, 4) is 11.4 Å². The largest absolute Gasteiger partial charge is 0.337 e. The summed E-state index contributed by atoms with van der Waals surface area (Å²) in [5.74, 6) is 1.90.